The molecule has 0 unspecified atom stereocenters. The number of aryl methyl sites for hydroxylation is 1. The van der Waals surface area contributed by atoms with E-state index in [1.807, 2.05) is 6.07 Å². The van der Waals surface area contributed by atoms with E-state index in [-0.39, 0.29) is 23.5 Å². The minimum Gasteiger partial charge on any atom is -0.480 e. The van der Waals surface area contributed by atoms with Crippen molar-refractivity contribution in [1.82, 2.24) is 24.7 Å². The molecular weight excluding hydrogens is 284 g/mol. The van der Waals surface area contributed by atoms with Crippen molar-refractivity contribution in [1.29, 1.82) is 5.26 Å². The van der Waals surface area contributed by atoms with E-state index in [1.165, 1.54) is 17.7 Å². The first kappa shape index (κ1) is 13.8. The van der Waals surface area contributed by atoms with Crippen molar-refractivity contribution in [2.75, 3.05) is 7.11 Å². The van der Waals surface area contributed by atoms with E-state index in [2.05, 4.69) is 20.2 Å². The number of H-pyrrole nitrogens is 1. The molecule has 0 bridgehead atoms. The molecule has 0 aliphatic heterocycles. The lowest BCUT2D eigenvalue weighted by Gasteiger charge is -2.07. The van der Waals surface area contributed by atoms with Crippen molar-refractivity contribution in [3.63, 3.8) is 0 Å². The minimum absolute atomic E-state index is 0.205. The lowest BCUT2D eigenvalue weighted by atomic mass is 10.2. The second-order valence-electron chi connectivity index (χ2n) is 4.68. The van der Waals surface area contributed by atoms with Gasteiger partial charge in [0.2, 0.25) is 5.88 Å². The Labute approximate surface area is 125 Å². The largest absolute Gasteiger partial charge is 0.480 e. The number of ether oxygens (including phenoxy) is 1. The van der Waals surface area contributed by atoms with Gasteiger partial charge in [-0.1, -0.05) is 0 Å². The number of aromatic amines is 1. The highest BCUT2D eigenvalue weighted by Crippen LogP contribution is 2.19. The number of nitriles is 1. The molecule has 3 aromatic heterocycles. The van der Waals surface area contributed by atoms with Crippen LogP contribution < -0.4 is 10.3 Å². The van der Waals surface area contributed by atoms with Crippen LogP contribution in [0.3, 0.4) is 0 Å². The highest BCUT2D eigenvalue weighted by Gasteiger charge is 2.11. The molecule has 1 N–H and O–H groups in total. The fourth-order valence-corrected chi connectivity index (χ4v) is 2.16. The molecule has 0 saturated heterocycles. The van der Waals surface area contributed by atoms with Gasteiger partial charge in [0.25, 0.3) is 5.56 Å². The summed E-state index contributed by atoms with van der Waals surface area (Å²) in [4.78, 5) is 20.9. The van der Waals surface area contributed by atoms with Gasteiger partial charge >= 0.3 is 0 Å². The van der Waals surface area contributed by atoms with Crippen LogP contribution >= 0.6 is 0 Å². The van der Waals surface area contributed by atoms with Crippen LogP contribution in [-0.2, 0) is 6.54 Å². The number of aromatic nitrogens is 5. The quantitative estimate of drug-likeness (QED) is 0.763. The molecule has 8 heteroatoms. The Morgan fingerprint density at radius 3 is 2.91 bits per heavy atom. The van der Waals surface area contributed by atoms with Crippen LogP contribution in [0.15, 0.2) is 23.1 Å². The smallest absolute Gasteiger partial charge is 0.260 e. The molecule has 110 valence electrons. The topological polar surface area (TPSA) is 109 Å². The van der Waals surface area contributed by atoms with Crippen molar-refractivity contribution in [3.8, 4) is 11.9 Å². The summed E-state index contributed by atoms with van der Waals surface area (Å²) in [6.45, 7) is 2.03. The highest BCUT2D eigenvalue weighted by molar-refractivity contribution is 5.79. The molecule has 0 aliphatic rings. The Balaban J connectivity index is 2.13. The zero-order valence-electron chi connectivity index (χ0n) is 12.0. The molecule has 0 amide bonds. The van der Waals surface area contributed by atoms with Crippen molar-refractivity contribution in [2.24, 2.45) is 0 Å². The number of fused-ring (bicyclic) bond motifs is 1. The normalized spacial score (nSPS) is 10.6. The van der Waals surface area contributed by atoms with Gasteiger partial charge in [0, 0.05) is 6.20 Å². The number of nitrogens with zero attached hydrogens (tertiary/aromatic N) is 5. The van der Waals surface area contributed by atoms with Gasteiger partial charge in [-0.15, -0.1) is 0 Å². The fourth-order valence-electron chi connectivity index (χ4n) is 2.16. The summed E-state index contributed by atoms with van der Waals surface area (Å²) < 4.78 is 6.52. The summed E-state index contributed by atoms with van der Waals surface area (Å²) in [5.41, 5.74) is 0.438. The lowest BCUT2D eigenvalue weighted by Crippen LogP contribution is -2.21. The Hall–Kier alpha value is -3.21. The summed E-state index contributed by atoms with van der Waals surface area (Å²) in [7, 11) is 1.43. The first-order chi connectivity index (χ1) is 10.6. The predicted molar refractivity (Wildman–Crippen MR) is 77.5 cm³/mol. The average Bonchev–Trinajstić information content (AvgIpc) is 2.94. The molecule has 3 rings (SSSR count). The molecule has 0 aliphatic carbocycles. The molecule has 3 heterocycles. The van der Waals surface area contributed by atoms with Gasteiger partial charge in [-0.2, -0.15) is 10.4 Å². The van der Waals surface area contributed by atoms with Crippen LogP contribution in [0, 0.1) is 18.3 Å². The molecule has 0 aromatic carbocycles. The molecule has 0 spiro atoms. The number of pyridine rings is 2. The summed E-state index contributed by atoms with van der Waals surface area (Å²) >= 11 is 0. The van der Waals surface area contributed by atoms with E-state index in [0.717, 1.165) is 0 Å². The monoisotopic (exact) mass is 296 g/mol. The van der Waals surface area contributed by atoms with Crippen LogP contribution in [0.5, 0.6) is 5.88 Å². The first-order valence-corrected chi connectivity index (χ1v) is 6.48. The summed E-state index contributed by atoms with van der Waals surface area (Å²) in [6, 6.07) is 5.16. The molecule has 22 heavy (non-hydrogen) atoms. The zero-order valence-corrected chi connectivity index (χ0v) is 12.0. The van der Waals surface area contributed by atoms with Gasteiger partial charge in [-0.3, -0.25) is 9.89 Å². The Morgan fingerprint density at radius 1 is 1.45 bits per heavy atom. The molecule has 0 atom stereocenters. The van der Waals surface area contributed by atoms with Gasteiger partial charge < -0.3 is 9.30 Å². The Bertz CT molecular complexity index is 950. The van der Waals surface area contributed by atoms with Crippen molar-refractivity contribution < 1.29 is 4.74 Å². The van der Waals surface area contributed by atoms with E-state index in [0.29, 0.717) is 22.6 Å². The standard InChI is InChI=1S/C14H12N6O2/c1-8-16-12(19-18-8)7-20-4-3-11-10(14(20)21)5-9(6-15)13(17-11)22-2/h3-5H,7H2,1-2H3,(H,16,18,19). The maximum absolute atomic E-state index is 12.5. The van der Waals surface area contributed by atoms with Crippen molar-refractivity contribution in [2.45, 2.75) is 13.5 Å². The van der Waals surface area contributed by atoms with Crippen LogP contribution in [-0.4, -0.2) is 31.8 Å². The fraction of sp³-hybridized carbons (Fsp3) is 0.214. The number of rotatable bonds is 3. The van der Waals surface area contributed by atoms with E-state index in [1.54, 1.807) is 19.2 Å². The number of nitrogens with one attached hydrogen (secondary N) is 1. The third-order valence-electron chi connectivity index (χ3n) is 3.19. The van der Waals surface area contributed by atoms with Crippen molar-refractivity contribution >= 4 is 10.9 Å². The van der Waals surface area contributed by atoms with E-state index in [4.69, 9.17) is 10.00 Å². The third kappa shape index (κ3) is 2.29. The zero-order chi connectivity index (χ0) is 15.7. The van der Waals surface area contributed by atoms with E-state index < -0.39 is 0 Å². The minimum atomic E-state index is -0.258. The second-order valence-corrected chi connectivity index (χ2v) is 4.68. The van der Waals surface area contributed by atoms with Crippen LogP contribution in [0.25, 0.3) is 10.9 Å². The molecule has 0 fully saturated rings. The van der Waals surface area contributed by atoms with Crippen LogP contribution in [0.4, 0.5) is 0 Å². The highest BCUT2D eigenvalue weighted by atomic mass is 16.5. The molecule has 3 aromatic rings. The van der Waals surface area contributed by atoms with Gasteiger partial charge in [0.15, 0.2) is 5.82 Å². The molecule has 8 nitrogen and oxygen atoms in total. The summed E-state index contributed by atoms with van der Waals surface area (Å²) in [5.74, 6) is 1.40. The van der Waals surface area contributed by atoms with Crippen LogP contribution in [0.2, 0.25) is 0 Å². The Kier molecular flexibility index (Phi) is 3.31. The van der Waals surface area contributed by atoms with Gasteiger partial charge in [0.05, 0.1) is 24.6 Å². The summed E-state index contributed by atoms with van der Waals surface area (Å²) in [5, 5.41) is 16.2. The van der Waals surface area contributed by atoms with E-state index >= 15 is 0 Å². The number of hydrogen-bond acceptors (Lipinski definition) is 6. The lowest BCUT2D eigenvalue weighted by molar-refractivity contribution is 0.398. The SMILES string of the molecule is COc1nc2ccn(Cc3n[nH]c(C)n3)c(=O)c2cc1C#N. The third-order valence-corrected chi connectivity index (χ3v) is 3.19. The maximum atomic E-state index is 12.5. The maximum Gasteiger partial charge on any atom is 0.260 e. The first-order valence-electron chi connectivity index (χ1n) is 6.48. The molecule has 0 radical (unpaired) electrons. The predicted octanol–water partition coefficient (Wildman–Crippen LogP) is 0.752. The van der Waals surface area contributed by atoms with Gasteiger partial charge in [-0.05, 0) is 19.1 Å². The summed E-state index contributed by atoms with van der Waals surface area (Å²) in [6.07, 6.45) is 1.62. The second kappa shape index (κ2) is 5.29. The number of methoxy groups -OCH3 is 1. The number of hydrogen-bond donors (Lipinski definition) is 1. The molecule has 0 saturated carbocycles. The van der Waals surface area contributed by atoms with Gasteiger partial charge in [-0.25, -0.2) is 9.97 Å². The average molecular weight is 296 g/mol. The molecular formula is C14H12N6O2. The Morgan fingerprint density at radius 2 is 2.27 bits per heavy atom. The van der Waals surface area contributed by atoms with Gasteiger partial charge in [0.1, 0.15) is 17.5 Å². The van der Waals surface area contributed by atoms with Crippen LogP contribution in [0.1, 0.15) is 17.2 Å². The van der Waals surface area contributed by atoms with Crippen molar-refractivity contribution in [3.05, 3.63) is 45.9 Å². The van der Waals surface area contributed by atoms with E-state index in [9.17, 15) is 4.79 Å².